The summed E-state index contributed by atoms with van der Waals surface area (Å²) in [5, 5.41) is 2.88. The smallest absolute Gasteiger partial charge is 0.277 e. The molecule has 2 heterocycles. The number of unbranched alkanes of at least 4 members (excludes halogenated alkanes) is 1. The van der Waals surface area contributed by atoms with E-state index < -0.39 is 0 Å². The summed E-state index contributed by atoms with van der Waals surface area (Å²) in [6.07, 6.45) is 6.11. The lowest BCUT2D eigenvalue weighted by Gasteiger charge is -2.08. The Hall–Kier alpha value is -2.93. The molecule has 0 unspecified atom stereocenters. The quantitative estimate of drug-likeness (QED) is 0.535. The molecule has 7 heteroatoms. The molecule has 1 amide bonds. The van der Waals surface area contributed by atoms with Gasteiger partial charge in [-0.2, -0.15) is 0 Å². The van der Waals surface area contributed by atoms with Crippen molar-refractivity contribution in [1.29, 1.82) is 0 Å². The van der Waals surface area contributed by atoms with Crippen molar-refractivity contribution in [2.45, 2.75) is 39.3 Å². The van der Waals surface area contributed by atoms with Crippen molar-refractivity contribution < 1.29 is 9.53 Å². The molecule has 0 aliphatic carbocycles. The fraction of sp³-hybridized carbons (Fsp3) is 0.409. The first kappa shape index (κ1) is 20.8. The Morgan fingerprint density at radius 2 is 1.97 bits per heavy atom. The number of nitrogens with zero attached hydrogens (tertiary/aromatic N) is 3. The first-order valence-corrected chi connectivity index (χ1v) is 10.0. The zero-order valence-electron chi connectivity index (χ0n) is 17.1. The first-order valence-electron chi connectivity index (χ1n) is 10.0. The molecule has 3 aromatic rings. The van der Waals surface area contributed by atoms with Gasteiger partial charge in [-0.15, -0.1) is 0 Å². The zero-order valence-corrected chi connectivity index (χ0v) is 17.1. The monoisotopic (exact) mass is 396 g/mol. The summed E-state index contributed by atoms with van der Waals surface area (Å²) in [7, 11) is 1.63. The molecule has 154 valence electrons. The number of benzene rings is 1. The molecular weight excluding hydrogens is 368 g/mol. The van der Waals surface area contributed by atoms with Gasteiger partial charge in [-0.05, 0) is 18.4 Å². The van der Waals surface area contributed by atoms with Crippen molar-refractivity contribution in [2.75, 3.05) is 20.3 Å². The maximum atomic E-state index is 13.1. The Kier molecular flexibility index (Phi) is 7.19. The summed E-state index contributed by atoms with van der Waals surface area (Å²) < 4.78 is 8.36. The standard InChI is InChI=1S/C22H28N4O3/c1-3-4-12-25-16-24-20-18(17-9-6-5-7-10-17)14-26(21(20)22(25)28)15-19(27)23-11-8-13-29-2/h5-7,9-10,14,16H,3-4,8,11-13,15H2,1-2H3,(H,23,27). The van der Waals surface area contributed by atoms with E-state index in [0.29, 0.717) is 30.7 Å². The van der Waals surface area contributed by atoms with Gasteiger partial charge in [0.1, 0.15) is 17.6 Å². The van der Waals surface area contributed by atoms with Crippen molar-refractivity contribution in [3.8, 4) is 11.1 Å². The highest BCUT2D eigenvalue weighted by Gasteiger charge is 2.17. The average Bonchev–Trinajstić information content (AvgIpc) is 3.10. The van der Waals surface area contributed by atoms with Crippen LogP contribution in [0.4, 0.5) is 0 Å². The average molecular weight is 396 g/mol. The Balaban J connectivity index is 1.98. The fourth-order valence-corrected chi connectivity index (χ4v) is 3.31. The van der Waals surface area contributed by atoms with E-state index in [2.05, 4.69) is 17.2 Å². The van der Waals surface area contributed by atoms with Crippen LogP contribution in [0.25, 0.3) is 22.2 Å². The number of amides is 1. The summed E-state index contributed by atoms with van der Waals surface area (Å²) in [6.45, 7) is 3.91. The van der Waals surface area contributed by atoms with Crippen molar-refractivity contribution in [3.05, 3.63) is 53.2 Å². The van der Waals surface area contributed by atoms with E-state index in [4.69, 9.17) is 4.74 Å². The lowest BCUT2D eigenvalue weighted by atomic mass is 10.1. The van der Waals surface area contributed by atoms with Crippen LogP contribution in [-0.4, -0.2) is 40.3 Å². The Morgan fingerprint density at radius 3 is 2.69 bits per heavy atom. The molecular formula is C22H28N4O3. The highest BCUT2D eigenvalue weighted by molar-refractivity contribution is 5.93. The largest absolute Gasteiger partial charge is 0.385 e. The van der Waals surface area contributed by atoms with Gasteiger partial charge in [-0.3, -0.25) is 14.2 Å². The number of hydrogen-bond acceptors (Lipinski definition) is 4. The van der Waals surface area contributed by atoms with Crippen LogP contribution in [0.2, 0.25) is 0 Å². The van der Waals surface area contributed by atoms with E-state index in [1.54, 1.807) is 22.6 Å². The minimum atomic E-state index is -0.138. The summed E-state index contributed by atoms with van der Waals surface area (Å²) in [6, 6.07) is 9.80. The van der Waals surface area contributed by atoms with Gasteiger partial charge in [0, 0.05) is 38.6 Å². The highest BCUT2D eigenvalue weighted by atomic mass is 16.5. The van der Waals surface area contributed by atoms with Gasteiger partial charge in [0.25, 0.3) is 5.56 Å². The molecule has 0 spiro atoms. The molecule has 3 rings (SSSR count). The van der Waals surface area contributed by atoms with Gasteiger partial charge < -0.3 is 14.6 Å². The Labute approximate surface area is 170 Å². The fourth-order valence-electron chi connectivity index (χ4n) is 3.31. The number of aromatic nitrogens is 3. The number of carbonyl (C=O) groups excluding carboxylic acids is 1. The first-order chi connectivity index (χ1) is 14.2. The number of ether oxygens (including phenoxy) is 1. The Bertz CT molecular complexity index is 1010. The summed E-state index contributed by atoms with van der Waals surface area (Å²) in [5.41, 5.74) is 2.80. The predicted octanol–water partition coefficient (Wildman–Crippen LogP) is 2.82. The van der Waals surface area contributed by atoms with Crippen LogP contribution in [0.5, 0.6) is 0 Å². The van der Waals surface area contributed by atoms with Crippen LogP contribution in [-0.2, 0) is 22.6 Å². The third-order valence-corrected chi connectivity index (χ3v) is 4.84. The van der Waals surface area contributed by atoms with E-state index in [1.807, 2.05) is 36.5 Å². The van der Waals surface area contributed by atoms with E-state index in [0.717, 1.165) is 30.4 Å². The van der Waals surface area contributed by atoms with Gasteiger partial charge in [-0.25, -0.2) is 4.98 Å². The molecule has 1 N–H and O–H groups in total. The second kappa shape index (κ2) is 10.0. The Morgan fingerprint density at radius 1 is 1.17 bits per heavy atom. The van der Waals surface area contributed by atoms with E-state index >= 15 is 0 Å². The van der Waals surface area contributed by atoms with Gasteiger partial charge in [0.2, 0.25) is 5.91 Å². The van der Waals surface area contributed by atoms with Crippen LogP contribution < -0.4 is 10.9 Å². The predicted molar refractivity (Wildman–Crippen MR) is 114 cm³/mol. The number of nitrogens with one attached hydrogen (secondary N) is 1. The molecule has 1 aromatic carbocycles. The molecule has 0 radical (unpaired) electrons. The number of carbonyl (C=O) groups is 1. The highest BCUT2D eigenvalue weighted by Crippen LogP contribution is 2.27. The maximum absolute atomic E-state index is 13.1. The normalized spacial score (nSPS) is 11.1. The number of fused-ring (bicyclic) bond motifs is 1. The minimum absolute atomic E-state index is 0.0744. The van der Waals surface area contributed by atoms with E-state index in [9.17, 15) is 9.59 Å². The molecule has 29 heavy (non-hydrogen) atoms. The zero-order chi connectivity index (χ0) is 20.6. The van der Waals surface area contributed by atoms with Crippen LogP contribution in [0.3, 0.4) is 0 Å². The van der Waals surface area contributed by atoms with Crippen molar-refractivity contribution >= 4 is 16.9 Å². The molecule has 7 nitrogen and oxygen atoms in total. The summed E-state index contributed by atoms with van der Waals surface area (Å²) in [4.78, 5) is 30.1. The topological polar surface area (TPSA) is 78.2 Å². The van der Waals surface area contributed by atoms with Crippen molar-refractivity contribution in [1.82, 2.24) is 19.4 Å². The van der Waals surface area contributed by atoms with E-state index in [-0.39, 0.29) is 18.0 Å². The number of methoxy groups -OCH3 is 1. The molecule has 0 bridgehead atoms. The van der Waals surface area contributed by atoms with Crippen LogP contribution in [0.15, 0.2) is 47.7 Å². The molecule has 0 atom stereocenters. The van der Waals surface area contributed by atoms with Gasteiger partial charge >= 0.3 is 0 Å². The minimum Gasteiger partial charge on any atom is -0.385 e. The van der Waals surface area contributed by atoms with Crippen molar-refractivity contribution in [3.63, 3.8) is 0 Å². The van der Waals surface area contributed by atoms with Crippen LogP contribution >= 0.6 is 0 Å². The number of aryl methyl sites for hydroxylation is 1. The molecule has 0 aliphatic heterocycles. The second-order valence-corrected chi connectivity index (χ2v) is 7.03. The van der Waals surface area contributed by atoms with E-state index in [1.165, 1.54) is 0 Å². The summed E-state index contributed by atoms with van der Waals surface area (Å²) in [5.74, 6) is -0.138. The molecule has 0 saturated carbocycles. The number of hydrogen-bond donors (Lipinski definition) is 1. The van der Waals surface area contributed by atoms with Crippen molar-refractivity contribution in [2.24, 2.45) is 0 Å². The van der Waals surface area contributed by atoms with Crippen LogP contribution in [0, 0.1) is 0 Å². The lowest BCUT2D eigenvalue weighted by Crippen LogP contribution is -2.30. The molecule has 2 aromatic heterocycles. The van der Waals surface area contributed by atoms with Gasteiger partial charge in [0.05, 0.1) is 6.33 Å². The molecule has 0 aliphatic rings. The SMILES string of the molecule is CCCCn1cnc2c(-c3ccccc3)cn(CC(=O)NCCCOC)c2c1=O. The lowest BCUT2D eigenvalue weighted by molar-refractivity contribution is -0.121. The molecule has 0 fully saturated rings. The third kappa shape index (κ3) is 4.92. The van der Waals surface area contributed by atoms with Crippen LogP contribution in [0.1, 0.15) is 26.2 Å². The third-order valence-electron chi connectivity index (χ3n) is 4.84. The van der Waals surface area contributed by atoms with Gasteiger partial charge in [0.15, 0.2) is 0 Å². The van der Waals surface area contributed by atoms with Gasteiger partial charge in [-0.1, -0.05) is 43.7 Å². The second-order valence-electron chi connectivity index (χ2n) is 7.03. The number of rotatable bonds is 10. The maximum Gasteiger partial charge on any atom is 0.277 e. The summed E-state index contributed by atoms with van der Waals surface area (Å²) >= 11 is 0. The molecule has 0 saturated heterocycles.